The smallest absolute Gasteiger partial charge is 0.222 e. The van der Waals surface area contributed by atoms with Crippen molar-refractivity contribution in [1.82, 2.24) is 5.32 Å². The van der Waals surface area contributed by atoms with Crippen molar-refractivity contribution >= 4 is 11.6 Å². The SMILES string of the molecule is Cc1ccc(N2CCC(C(N)=O)C2)c(CNCC(C)C)c1. The summed E-state index contributed by atoms with van der Waals surface area (Å²) in [7, 11) is 0. The van der Waals surface area contributed by atoms with Crippen LogP contribution in [-0.2, 0) is 11.3 Å². The molecule has 1 unspecified atom stereocenters. The van der Waals surface area contributed by atoms with E-state index in [0.29, 0.717) is 5.92 Å². The summed E-state index contributed by atoms with van der Waals surface area (Å²) in [6.45, 7) is 10.1. The number of amides is 1. The van der Waals surface area contributed by atoms with Gasteiger partial charge in [-0.3, -0.25) is 4.79 Å². The van der Waals surface area contributed by atoms with E-state index in [-0.39, 0.29) is 11.8 Å². The number of nitrogens with zero attached hydrogens (tertiary/aromatic N) is 1. The average Bonchev–Trinajstić information content (AvgIpc) is 2.88. The number of benzene rings is 1. The molecule has 1 heterocycles. The number of rotatable bonds is 6. The fourth-order valence-corrected chi connectivity index (χ4v) is 2.87. The van der Waals surface area contributed by atoms with Crippen LogP contribution in [0.4, 0.5) is 5.69 Å². The number of nitrogens with two attached hydrogens (primary N) is 1. The zero-order valence-corrected chi connectivity index (χ0v) is 13.4. The maximum absolute atomic E-state index is 11.3. The maximum Gasteiger partial charge on any atom is 0.222 e. The summed E-state index contributed by atoms with van der Waals surface area (Å²) in [5.74, 6) is 0.455. The molecular formula is C17H27N3O. The van der Waals surface area contributed by atoms with E-state index in [1.165, 1.54) is 16.8 Å². The van der Waals surface area contributed by atoms with Gasteiger partial charge in [-0.15, -0.1) is 0 Å². The summed E-state index contributed by atoms with van der Waals surface area (Å²) in [6.07, 6.45) is 0.863. The highest BCUT2D eigenvalue weighted by atomic mass is 16.1. The molecule has 4 nitrogen and oxygen atoms in total. The Kier molecular flexibility index (Phi) is 5.23. The molecule has 3 N–H and O–H groups in total. The minimum atomic E-state index is -0.177. The molecule has 1 amide bonds. The number of aryl methyl sites for hydroxylation is 1. The number of primary amides is 1. The Morgan fingerprint density at radius 3 is 2.86 bits per heavy atom. The molecule has 21 heavy (non-hydrogen) atoms. The number of hydrogen-bond donors (Lipinski definition) is 2. The van der Waals surface area contributed by atoms with E-state index in [4.69, 9.17) is 5.73 Å². The van der Waals surface area contributed by atoms with Crippen molar-refractivity contribution in [3.05, 3.63) is 29.3 Å². The van der Waals surface area contributed by atoms with E-state index in [1.807, 2.05) is 0 Å². The fraction of sp³-hybridized carbons (Fsp3) is 0.588. The van der Waals surface area contributed by atoms with Gasteiger partial charge < -0.3 is 16.0 Å². The first-order valence-corrected chi connectivity index (χ1v) is 7.82. The third-order valence-corrected chi connectivity index (χ3v) is 4.03. The summed E-state index contributed by atoms with van der Waals surface area (Å²) in [6, 6.07) is 6.55. The van der Waals surface area contributed by atoms with E-state index < -0.39 is 0 Å². The van der Waals surface area contributed by atoms with Crippen molar-refractivity contribution in [3.63, 3.8) is 0 Å². The second-order valence-corrected chi connectivity index (χ2v) is 6.49. The lowest BCUT2D eigenvalue weighted by Gasteiger charge is -2.23. The number of carbonyl (C=O) groups excluding carboxylic acids is 1. The van der Waals surface area contributed by atoms with Crippen molar-refractivity contribution < 1.29 is 4.79 Å². The molecule has 2 rings (SSSR count). The lowest BCUT2D eigenvalue weighted by molar-refractivity contribution is -0.121. The average molecular weight is 289 g/mol. The molecular weight excluding hydrogens is 262 g/mol. The van der Waals surface area contributed by atoms with Crippen LogP contribution in [0.3, 0.4) is 0 Å². The molecule has 0 bridgehead atoms. The lowest BCUT2D eigenvalue weighted by atomic mass is 10.1. The van der Waals surface area contributed by atoms with Crippen LogP contribution in [-0.4, -0.2) is 25.5 Å². The second kappa shape index (κ2) is 6.94. The largest absolute Gasteiger partial charge is 0.370 e. The Labute approximate surface area is 127 Å². The van der Waals surface area contributed by atoms with Crippen LogP contribution in [0.2, 0.25) is 0 Å². The molecule has 1 fully saturated rings. The van der Waals surface area contributed by atoms with Gasteiger partial charge in [0, 0.05) is 25.3 Å². The summed E-state index contributed by atoms with van der Waals surface area (Å²) >= 11 is 0. The molecule has 1 aliphatic heterocycles. The normalized spacial score (nSPS) is 18.5. The molecule has 1 atom stereocenters. The number of nitrogens with one attached hydrogen (secondary N) is 1. The van der Waals surface area contributed by atoms with Gasteiger partial charge >= 0.3 is 0 Å². The Morgan fingerprint density at radius 2 is 2.24 bits per heavy atom. The number of anilines is 1. The predicted molar refractivity (Wildman–Crippen MR) is 87.2 cm³/mol. The highest BCUT2D eigenvalue weighted by molar-refractivity contribution is 5.78. The molecule has 116 valence electrons. The van der Waals surface area contributed by atoms with E-state index in [0.717, 1.165) is 32.6 Å². The van der Waals surface area contributed by atoms with Crippen LogP contribution in [0, 0.1) is 18.8 Å². The Bertz CT molecular complexity index is 499. The topological polar surface area (TPSA) is 58.4 Å². The molecule has 0 aliphatic carbocycles. The second-order valence-electron chi connectivity index (χ2n) is 6.49. The molecule has 1 aromatic rings. The van der Waals surface area contributed by atoms with Gasteiger partial charge in [0.05, 0.1) is 5.92 Å². The van der Waals surface area contributed by atoms with Crippen molar-refractivity contribution in [3.8, 4) is 0 Å². The fourth-order valence-electron chi connectivity index (χ4n) is 2.87. The lowest BCUT2D eigenvalue weighted by Crippen LogP contribution is -2.28. The van der Waals surface area contributed by atoms with Gasteiger partial charge in [-0.2, -0.15) is 0 Å². The van der Waals surface area contributed by atoms with Gasteiger partial charge in [-0.05, 0) is 37.4 Å². The molecule has 0 aromatic heterocycles. The van der Waals surface area contributed by atoms with E-state index in [1.54, 1.807) is 0 Å². The first-order valence-electron chi connectivity index (χ1n) is 7.82. The highest BCUT2D eigenvalue weighted by Crippen LogP contribution is 2.28. The molecule has 1 saturated heterocycles. The first-order chi connectivity index (χ1) is 9.97. The Balaban J connectivity index is 2.10. The number of hydrogen-bond acceptors (Lipinski definition) is 3. The van der Waals surface area contributed by atoms with Crippen molar-refractivity contribution in [2.75, 3.05) is 24.5 Å². The van der Waals surface area contributed by atoms with Crippen LogP contribution >= 0.6 is 0 Å². The Morgan fingerprint density at radius 1 is 1.48 bits per heavy atom. The predicted octanol–water partition coefficient (Wildman–Crippen LogP) is 2.05. The van der Waals surface area contributed by atoms with Crippen LogP contribution < -0.4 is 16.0 Å². The Hall–Kier alpha value is -1.55. The zero-order valence-electron chi connectivity index (χ0n) is 13.4. The van der Waals surface area contributed by atoms with Gasteiger partial charge in [0.15, 0.2) is 0 Å². The summed E-state index contributed by atoms with van der Waals surface area (Å²) in [4.78, 5) is 13.6. The standard InChI is InChI=1S/C17H27N3O/c1-12(2)9-19-10-15-8-13(3)4-5-16(15)20-7-6-14(11-20)17(18)21/h4-5,8,12,14,19H,6-7,9-11H2,1-3H3,(H2,18,21). The van der Waals surface area contributed by atoms with Crippen LogP contribution in [0.5, 0.6) is 0 Å². The van der Waals surface area contributed by atoms with Crippen LogP contribution in [0.1, 0.15) is 31.4 Å². The zero-order chi connectivity index (χ0) is 15.4. The molecule has 4 heteroatoms. The van der Waals surface area contributed by atoms with Gasteiger partial charge in [0.2, 0.25) is 5.91 Å². The summed E-state index contributed by atoms with van der Waals surface area (Å²) < 4.78 is 0. The van der Waals surface area contributed by atoms with Crippen LogP contribution in [0.15, 0.2) is 18.2 Å². The van der Waals surface area contributed by atoms with E-state index in [9.17, 15) is 4.79 Å². The summed E-state index contributed by atoms with van der Waals surface area (Å²) in [5, 5.41) is 3.51. The quantitative estimate of drug-likeness (QED) is 0.842. The monoisotopic (exact) mass is 289 g/mol. The van der Waals surface area contributed by atoms with Gasteiger partial charge in [-0.25, -0.2) is 0 Å². The highest BCUT2D eigenvalue weighted by Gasteiger charge is 2.27. The minimum absolute atomic E-state index is 0.0113. The minimum Gasteiger partial charge on any atom is -0.370 e. The molecule has 1 aromatic carbocycles. The molecule has 0 radical (unpaired) electrons. The van der Waals surface area contributed by atoms with Gasteiger partial charge in [0.1, 0.15) is 0 Å². The van der Waals surface area contributed by atoms with Crippen LogP contribution in [0.25, 0.3) is 0 Å². The summed E-state index contributed by atoms with van der Waals surface area (Å²) in [5.41, 5.74) is 9.25. The molecule has 0 saturated carbocycles. The van der Waals surface area contributed by atoms with Crippen molar-refractivity contribution in [2.24, 2.45) is 17.6 Å². The van der Waals surface area contributed by atoms with E-state index in [2.05, 4.69) is 49.2 Å². The number of carbonyl (C=O) groups is 1. The molecule has 1 aliphatic rings. The van der Waals surface area contributed by atoms with Crippen molar-refractivity contribution in [2.45, 2.75) is 33.7 Å². The van der Waals surface area contributed by atoms with Gasteiger partial charge in [-0.1, -0.05) is 31.5 Å². The van der Waals surface area contributed by atoms with Gasteiger partial charge in [0.25, 0.3) is 0 Å². The van der Waals surface area contributed by atoms with Crippen molar-refractivity contribution in [1.29, 1.82) is 0 Å². The third-order valence-electron chi connectivity index (χ3n) is 4.03. The maximum atomic E-state index is 11.3. The molecule has 0 spiro atoms. The van der Waals surface area contributed by atoms with E-state index >= 15 is 0 Å². The third kappa shape index (κ3) is 4.21. The first kappa shape index (κ1) is 15.8.